The number of anilines is 2. The molecule has 0 spiro atoms. The third kappa shape index (κ3) is 3.46. The summed E-state index contributed by atoms with van der Waals surface area (Å²) in [5.41, 5.74) is 3.22. The van der Waals surface area contributed by atoms with E-state index in [1.54, 1.807) is 11.8 Å². The van der Waals surface area contributed by atoms with Gasteiger partial charge in [-0.1, -0.05) is 17.7 Å². The molecule has 0 saturated carbocycles. The fraction of sp³-hybridized carbons (Fsp3) is 0.188. The van der Waals surface area contributed by atoms with Crippen molar-refractivity contribution in [2.24, 2.45) is 0 Å². The minimum atomic E-state index is 0.712. The fourth-order valence-electron chi connectivity index (χ4n) is 1.92. The second-order valence-electron chi connectivity index (χ2n) is 5.16. The third-order valence-corrected chi connectivity index (χ3v) is 4.02. The first kappa shape index (κ1) is 14.6. The summed E-state index contributed by atoms with van der Waals surface area (Å²) in [6.45, 7) is 6.01. The molecule has 22 heavy (non-hydrogen) atoms. The molecular formula is C16H17N5S. The highest BCUT2D eigenvalue weighted by molar-refractivity contribution is 7.99. The van der Waals surface area contributed by atoms with E-state index < -0.39 is 0 Å². The number of nitrogens with one attached hydrogen (secondary N) is 2. The van der Waals surface area contributed by atoms with Crippen LogP contribution in [0, 0.1) is 20.8 Å². The van der Waals surface area contributed by atoms with Gasteiger partial charge in [0.05, 0.1) is 0 Å². The van der Waals surface area contributed by atoms with Crippen LogP contribution in [0.3, 0.4) is 0 Å². The minimum absolute atomic E-state index is 0.712. The van der Waals surface area contributed by atoms with Gasteiger partial charge in [0.15, 0.2) is 11.0 Å². The molecule has 0 saturated heterocycles. The monoisotopic (exact) mass is 311 g/mol. The molecular weight excluding hydrogens is 294 g/mol. The second-order valence-corrected chi connectivity index (χ2v) is 6.20. The van der Waals surface area contributed by atoms with Crippen molar-refractivity contribution in [3.8, 4) is 0 Å². The number of nitrogens with zero attached hydrogens (tertiary/aromatic N) is 3. The smallest absolute Gasteiger partial charge is 0.194 e. The molecule has 0 fully saturated rings. The van der Waals surface area contributed by atoms with Crippen molar-refractivity contribution in [3.63, 3.8) is 0 Å². The van der Waals surface area contributed by atoms with Gasteiger partial charge in [-0.25, -0.2) is 9.97 Å². The lowest BCUT2D eigenvalue weighted by Gasteiger charge is -2.07. The van der Waals surface area contributed by atoms with Gasteiger partial charge in [0.2, 0.25) is 0 Å². The quantitative estimate of drug-likeness (QED) is 0.712. The number of hydrogen-bond acceptors (Lipinski definition) is 5. The molecule has 0 radical (unpaired) electrons. The van der Waals surface area contributed by atoms with Gasteiger partial charge in [-0.3, -0.25) is 5.10 Å². The summed E-state index contributed by atoms with van der Waals surface area (Å²) in [6.07, 6.45) is 1.82. The van der Waals surface area contributed by atoms with Gasteiger partial charge in [-0.2, -0.15) is 5.10 Å². The van der Waals surface area contributed by atoms with Crippen molar-refractivity contribution in [2.45, 2.75) is 30.8 Å². The molecule has 0 aliphatic rings. The number of aryl methyl sites for hydroxylation is 3. The highest BCUT2D eigenvalue weighted by atomic mass is 32.2. The zero-order valence-electron chi connectivity index (χ0n) is 12.7. The van der Waals surface area contributed by atoms with E-state index in [1.807, 2.05) is 26.1 Å². The highest BCUT2D eigenvalue weighted by Crippen LogP contribution is 2.27. The van der Waals surface area contributed by atoms with Gasteiger partial charge < -0.3 is 5.32 Å². The maximum Gasteiger partial charge on any atom is 0.194 e. The summed E-state index contributed by atoms with van der Waals surface area (Å²) in [7, 11) is 0. The molecule has 0 amide bonds. The van der Waals surface area contributed by atoms with Crippen LogP contribution in [0.15, 0.2) is 46.6 Å². The van der Waals surface area contributed by atoms with Crippen LogP contribution in [0.1, 0.15) is 16.8 Å². The van der Waals surface area contributed by atoms with Gasteiger partial charge in [0, 0.05) is 28.4 Å². The first-order chi connectivity index (χ1) is 10.6. The zero-order valence-corrected chi connectivity index (χ0v) is 13.5. The van der Waals surface area contributed by atoms with Crippen LogP contribution < -0.4 is 5.32 Å². The van der Waals surface area contributed by atoms with Gasteiger partial charge in [-0.15, -0.1) is 0 Å². The fourth-order valence-corrected chi connectivity index (χ4v) is 2.64. The van der Waals surface area contributed by atoms with Gasteiger partial charge in [-0.05, 0) is 44.7 Å². The summed E-state index contributed by atoms with van der Waals surface area (Å²) >= 11 is 1.54. The molecule has 0 atom stereocenters. The van der Waals surface area contributed by atoms with Gasteiger partial charge in [0.25, 0.3) is 0 Å². The minimum Gasteiger partial charge on any atom is -0.323 e. The van der Waals surface area contributed by atoms with Crippen molar-refractivity contribution in [1.29, 1.82) is 0 Å². The molecule has 1 aromatic carbocycles. The molecule has 0 unspecified atom stereocenters. The Hall–Kier alpha value is -2.34. The Kier molecular flexibility index (Phi) is 4.11. The van der Waals surface area contributed by atoms with Crippen LogP contribution in [0.25, 0.3) is 0 Å². The predicted molar refractivity (Wildman–Crippen MR) is 88.7 cm³/mol. The van der Waals surface area contributed by atoms with Crippen LogP contribution in [-0.2, 0) is 0 Å². The van der Waals surface area contributed by atoms with Crippen LogP contribution in [0.5, 0.6) is 0 Å². The molecule has 5 nitrogen and oxygen atoms in total. The molecule has 0 aliphatic carbocycles. The molecule has 6 heteroatoms. The molecule has 3 rings (SSSR count). The van der Waals surface area contributed by atoms with Crippen molar-refractivity contribution in [3.05, 3.63) is 53.3 Å². The molecule has 2 aromatic heterocycles. The van der Waals surface area contributed by atoms with Gasteiger partial charge in [0.1, 0.15) is 5.82 Å². The standard InChI is InChI=1S/C16H17N5S/c1-10-4-6-13(7-5-10)22-16-17-9-11(2)15(19-16)18-14-8-12(3)20-21-14/h4-9H,1-3H3,(H2,17,18,19,20,21). The Bertz CT molecular complexity index is 779. The first-order valence-corrected chi connectivity index (χ1v) is 7.79. The highest BCUT2D eigenvalue weighted by Gasteiger charge is 2.07. The Morgan fingerprint density at radius 2 is 1.86 bits per heavy atom. The molecule has 2 heterocycles. The summed E-state index contributed by atoms with van der Waals surface area (Å²) in [6, 6.07) is 10.3. The molecule has 2 N–H and O–H groups in total. The Morgan fingerprint density at radius 3 is 2.55 bits per heavy atom. The number of H-pyrrole nitrogens is 1. The molecule has 3 aromatic rings. The number of aromatic amines is 1. The van der Waals surface area contributed by atoms with E-state index in [4.69, 9.17) is 0 Å². The van der Waals surface area contributed by atoms with E-state index >= 15 is 0 Å². The average Bonchev–Trinajstić information content (AvgIpc) is 2.90. The number of benzene rings is 1. The second kappa shape index (κ2) is 6.19. The predicted octanol–water partition coefficient (Wildman–Crippen LogP) is 4.02. The van der Waals surface area contributed by atoms with Crippen LogP contribution in [0.4, 0.5) is 11.6 Å². The summed E-state index contributed by atoms with van der Waals surface area (Å²) in [5, 5.41) is 11.0. The third-order valence-electron chi connectivity index (χ3n) is 3.13. The lowest BCUT2D eigenvalue weighted by molar-refractivity contribution is 0.952. The van der Waals surface area contributed by atoms with E-state index in [2.05, 4.69) is 56.7 Å². The molecule has 0 aliphatic heterocycles. The summed E-state index contributed by atoms with van der Waals surface area (Å²) in [5.74, 6) is 1.53. The van der Waals surface area contributed by atoms with E-state index in [1.165, 1.54) is 5.56 Å². The maximum atomic E-state index is 4.58. The molecule has 0 bridgehead atoms. The zero-order chi connectivity index (χ0) is 15.5. The topological polar surface area (TPSA) is 66.5 Å². The Morgan fingerprint density at radius 1 is 1.09 bits per heavy atom. The SMILES string of the molecule is Cc1ccc(Sc2ncc(C)c(Nc3cc(C)[nH]n3)n2)cc1. The van der Waals surface area contributed by atoms with Crippen molar-refractivity contribution < 1.29 is 0 Å². The number of rotatable bonds is 4. The van der Waals surface area contributed by atoms with Crippen molar-refractivity contribution >= 4 is 23.4 Å². The van der Waals surface area contributed by atoms with E-state index in [0.717, 1.165) is 27.8 Å². The van der Waals surface area contributed by atoms with Crippen LogP contribution in [0.2, 0.25) is 0 Å². The van der Waals surface area contributed by atoms with Crippen LogP contribution >= 0.6 is 11.8 Å². The van der Waals surface area contributed by atoms with E-state index in [9.17, 15) is 0 Å². The maximum absolute atomic E-state index is 4.58. The van der Waals surface area contributed by atoms with Gasteiger partial charge >= 0.3 is 0 Å². The normalized spacial score (nSPS) is 10.7. The van der Waals surface area contributed by atoms with E-state index in [-0.39, 0.29) is 0 Å². The largest absolute Gasteiger partial charge is 0.323 e. The lowest BCUT2D eigenvalue weighted by Crippen LogP contribution is -1.99. The average molecular weight is 311 g/mol. The van der Waals surface area contributed by atoms with E-state index in [0.29, 0.717) is 5.16 Å². The first-order valence-electron chi connectivity index (χ1n) is 6.97. The summed E-state index contributed by atoms with van der Waals surface area (Å²) < 4.78 is 0. The van der Waals surface area contributed by atoms with Crippen molar-refractivity contribution in [2.75, 3.05) is 5.32 Å². The number of aromatic nitrogens is 4. The molecule has 112 valence electrons. The summed E-state index contributed by atoms with van der Waals surface area (Å²) in [4.78, 5) is 10.1. The Balaban J connectivity index is 1.81. The lowest BCUT2D eigenvalue weighted by atomic mass is 10.2. The number of hydrogen-bond donors (Lipinski definition) is 2. The van der Waals surface area contributed by atoms with Crippen molar-refractivity contribution in [1.82, 2.24) is 20.2 Å². The van der Waals surface area contributed by atoms with Crippen LogP contribution in [-0.4, -0.2) is 20.2 Å². The Labute approximate surface area is 133 Å².